The molecule has 1 heterocycles. The summed E-state index contributed by atoms with van der Waals surface area (Å²) in [5.74, 6) is 0. The molecule has 0 radical (unpaired) electrons. The Morgan fingerprint density at radius 2 is 1.80 bits per heavy atom. The summed E-state index contributed by atoms with van der Waals surface area (Å²) in [4.78, 5) is 14.5. The van der Waals surface area contributed by atoms with E-state index in [0.717, 1.165) is 28.5 Å². The largest absolute Gasteiger partial charge is 0.381 e. The fourth-order valence-electron chi connectivity index (χ4n) is 3.22. The van der Waals surface area contributed by atoms with Crippen molar-refractivity contribution in [3.63, 3.8) is 0 Å². The molecular formula is C21H18N4O4S. The van der Waals surface area contributed by atoms with Crippen LogP contribution in [0.5, 0.6) is 0 Å². The highest BCUT2D eigenvalue weighted by atomic mass is 32.2. The molecule has 1 N–H and O–H groups in total. The maximum absolute atomic E-state index is 11.9. The normalized spacial score (nSPS) is 11.5. The molecule has 0 spiro atoms. The first-order valence-corrected chi connectivity index (χ1v) is 11.0. The molecule has 1 aromatic heterocycles. The summed E-state index contributed by atoms with van der Waals surface area (Å²) in [6.07, 6.45) is 2.74. The molecule has 0 aliphatic carbocycles. The van der Waals surface area contributed by atoms with Crippen molar-refractivity contribution in [3.8, 4) is 5.69 Å². The molecule has 4 rings (SSSR count). The number of imidazole rings is 1. The Morgan fingerprint density at radius 1 is 1.07 bits per heavy atom. The summed E-state index contributed by atoms with van der Waals surface area (Å²) in [5, 5.41) is 14.2. The predicted octanol–water partition coefficient (Wildman–Crippen LogP) is 3.95. The number of sulfone groups is 1. The number of para-hydroxylation sites is 2. The molecule has 0 amide bonds. The Hall–Kier alpha value is -3.72. The van der Waals surface area contributed by atoms with Crippen molar-refractivity contribution in [3.05, 3.63) is 88.7 Å². The highest BCUT2D eigenvalue weighted by molar-refractivity contribution is 7.90. The number of benzene rings is 3. The second-order valence-electron chi connectivity index (χ2n) is 6.84. The summed E-state index contributed by atoms with van der Waals surface area (Å²) in [6.45, 7) is 0.436. The molecular weight excluding hydrogens is 404 g/mol. The molecule has 4 aromatic rings. The van der Waals surface area contributed by atoms with Gasteiger partial charge in [0.15, 0.2) is 9.84 Å². The monoisotopic (exact) mass is 422 g/mol. The summed E-state index contributed by atoms with van der Waals surface area (Å²) in [6, 6.07) is 19.7. The topological polar surface area (TPSA) is 107 Å². The average Bonchev–Trinajstić information content (AvgIpc) is 3.16. The van der Waals surface area contributed by atoms with Gasteiger partial charge in [-0.05, 0) is 42.0 Å². The first kappa shape index (κ1) is 19.6. The number of anilines is 1. The fourth-order valence-corrected chi connectivity index (χ4v) is 4.08. The molecule has 8 nitrogen and oxygen atoms in total. The Morgan fingerprint density at radius 3 is 2.50 bits per heavy atom. The van der Waals surface area contributed by atoms with Crippen LogP contribution < -0.4 is 5.32 Å². The van der Waals surface area contributed by atoms with Crippen LogP contribution in [0.15, 0.2) is 78.0 Å². The Balaban J connectivity index is 1.53. The lowest BCUT2D eigenvalue weighted by Gasteiger charge is -2.10. The smallest absolute Gasteiger partial charge is 0.288 e. The van der Waals surface area contributed by atoms with Gasteiger partial charge in [0, 0.05) is 30.2 Å². The van der Waals surface area contributed by atoms with Crippen molar-refractivity contribution in [2.45, 2.75) is 11.4 Å². The summed E-state index contributed by atoms with van der Waals surface area (Å²) in [5.41, 5.74) is 3.95. The molecule has 30 heavy (non-hydrogen) atoms. The van der Waals surface area contributed by atoms with Crippen LogP contribution in [0.1, 0.15) is 5.56 Å². The van der Waals surface area contributed by atoms with E-state index < -0.39 is 20.4 Å². The number of hydrogen-bond donors (Lipinski definition) is 1. The maximum Gasteiger partial charge on any atom is 0.288 e. The van der Waals surface area contributed by atoms with E-state index in [1.807, 2.05) is 53.1 Å². The van der Waals surface area contributed by atoms with Crippen molar-refractivity contribution < 1.29 is 13.3 Å². The molecule has 0 unspecified atom stereocenters. The number of rotatable bonds is 6. The molecule has 152 valence electrons. The minimum atomic E-state index is -3.72. The van der Waals surface area contributed by atoms with Gasteiger partial charge in [-0.3, -0.25) is 14.7 Å². The number of nitro groups is 1. The van der Waals surface area contributed by atoms with E-state index in [1.165, 1.54) is 18.2 Å². The molecule has 0 aliphatic heterocycles. The number of nitrogens with one attached hydrogen (secondary N) is 1. The molecule has 0 fully saturated rings. The van der Waals surface area contributed by atoms with Crippen LogP contribution in [0.3, 0.4) is 0 Å². The average molecular weight is 422 g/mol. The van der Waals surface area contributed by atoms with E-state index in [-0.39, 0.29) is 4.90 Å². The van der Waals surface area contributed by atoms with Gasteiger partial charge in [0.2, 0.25) is 0 Å². The Labute approximate surface area is 172 Å². The highest BCUT2D eigenvalue weighted by Gasteiger charge is 2.22. The van der Waals surface area contributed by atoms with Crippen molar-refractivity contribution in [1.29, 1.82) is 0 Å². The van der Waals surface area contributed by atoms with Gasteiger partial charge in [0.1, 0.15) is 11.2 Å². The van der Waals surface area contributed by atoms with E-state index in [0.29, 0.717) is 12.2 Å². The third-order valence-electron chi connectivity index (χ3n) is 4.72. The molecule has 9 heteroatoms. The van der Waals surface area contributed by atoms with Crippen molar-refractivity contribution in [1.82, 2.24) is 9.55 Å². The quantitative estimate of drug-likeness (QED) is 0.372. The highest BCUT2D eigenvalue weighted by Crippen LogP contribution is 2.27. The second-order valence-corrected chi connectivity index (χ2v) is 8.82. The number of hydrogen-bond acceptors (Lipinski definition) is 6. The van der Waals surface area contributed by atoms with Gasteiger partial charge in [0.25, 0.3) is 5.69 Å². The van der Waals surface area contributed by atoms with Gasteiger partial charge in [-0.25, -0.2) is 13.4 Å². The summed E-state index contributed by atoms with van der Waals surface area (Å²) in [7, 11) is -3.72. The first-order chi connectivity index (χ1) is 14.3. The zero-order valence-corrected chi connectivity index (χ0v) is 16.8. The second kappa shape index (κ2) is 7.60. The molecule has 0 atom stereocenters. The van der Waals surface area contributed by atoms with Gasteiger partial charge in [0.05, 0.1) is 16.0 Å². The molecule has 0 aliphatic rings. The van der Waals surface area contributed by atoms with Crippen molar-refractivity contribution >= 4 is 32.2 Å². The third kappa shape index (κ3) is 3.87. The minimum Gasteiger partial charge on any atom is -0.381 e. The van der Waals surface area contributed by atoms with Crippen LogP contribution in [0.2, 0.25) is 0 Å². The van der Waals surface area contributed by atoms with Gasteiger partial charge >= 0.3 is 0 Å². The number of aromatic nitrogens is 2. The molecule has 0 bridgehead atoms. The summed E-state index contributed by atoms with van der Waals surface area (Å²) < 4.78 is 25.8. The predicted molar refractivity (Wildman–Crippen MR) is 115 cm³/mol. The van der Waals surface area contributed by atoms with Crippen molar-refractivity contribution in [2.75, 3.05) is 11.6 Å². The van der Waals surface area contributed by atoms with E-state index in [1.54, 1.807) is 6.33 Å². The maximum atomic E-state index is 11.9. The number of nitro benzene ring substituents is 1. The Bertz CT molecular complexity index is 1350. The van der Waals surface area contributed by atoms with Crippen LogP contribution in [-0.4, -0.2) is 29.1 Å². The van der Waals surface area contributed by atoms with Crippen LogP contribution in [-0.2, 0) is 16.4 Å². The third-order valence-corrected chi connectivity index (χ3v) is 5.85. The van der Waals surface area contributed by atoms with Gasteiger partial charge < -0.3 is 5.32 Å². The Kier molecular flexibility index (Phi) is 4.96. The van der Waals surface area contributed by atoms with E-state index in [4.69, 9.17) is 0 Å². The van der Waals surface area contributed by atoms with Crippen LogP contribution in [0.25, 0.3) is 16.7 Å². The zero-order valence-electron chi connectivity index (χ0n) is 16.0. The minimum absolute atomic E-state index is 0.306. The molecule has 0 saturated carbocycles. The van der Waals surface area contributed by atoms with Crippen LogP contribution in [0.4, 0.5) is 11.4 Å². The van der Waals surface area contributed by atoms with E-state index in [2.05, 4.69) is 10.3 Å². The zero-order chi connectivity index (χ0) is 21.3. The first-order valence-electron chi connectivity index (χ1n) is 9.07. The molecule has 0 saturated heterocycles. The van der Waals surface area contributed by atoms with E-state index in [9.17, 15) is 18.5 Å². The van der Waals surface area contributed by atoms with E-state index >= 15 is 0 Å². The molecule has 3 aromatic carbocycles. The SMILES string of the molecule is CS(=O)(=O)c1cc(NCc2ccc(-n3cnc4ccccc43)cc2)ccc1[N+](=O)[O-]. The number of nitrogens with zero attached hydrogens (tertiary/aromatic N) is 3. The summed E-state index contributed by atoms with van der Waals surface area (Å²) >= 11 is 0. The van der Waals surface area contributed by atoms with Gasteiger partial charge in [-0.1, -0.05) is 24.3 Å². The lowest BCUT2D eigenvalue weighted by Crippen LogP contribution is -2.05. The fraction of sp³-hybridized carbons (Fsp3) is 0.0952. The lowest BCUT2D eigenvalue weighted by molar-refractivity contribution is -0.387. The van der Waals surface area contributed by atoms with Crippen LogP contribution >= 0.6 is 0 Å². The van der Waals surface area contributed by atoms with Gasteiger partial charge in [-0.15, -0.1) is 0 Å². The van der Waals surface area contributed by atoms with Gasteiger partial charge in [-0.2, -0.15) is 0 Å². The number of fused-ring (bicyclic) bond motifs is 1. The lowest BCUT2D eigenvalue weighted by atomic mass is 10.2. The standard InChI is InChI=1S/C21H18N4O4S/c1-30(28,29)21-12-16(8-11-20(21)25(26)27)22-13-15-6-9-17(10-7-15)24-14-23-18-4-2-3-5-19(18)24/h2-12,14,22H,13H2,1H3. The van der Waals surface area contributed by atoms with Crippen LogP contribution in [0, 0.1) is 10.1 Å². The van der Waals surface area contributed by atoms with Crippen molar-refractivity contribution in [2.24, 2.45) is 0 Å².